The first kappa shape index (κ1) is 22.2. The molecular formula is C19H33IN4O. The van der Waals surface area contributed by atoms with Crippen LogP contribution in [0.25, 0.3) is 0 Å². The van der Waals surface area contributed by atoms with Crippen LogP contribution in [-0.2, 0) is 11.3 Å². The summed E-state index contributed by atoms with van der Waals surface area (Å²) in [5.74, 6) is 0.917. The Morgan fingerprint density at radius 1 is 1.28 bits per heavy atom. The topological polar surface area (TPSA) is 48.9 Å². The number of rotatable bonds is 9. The van der Waals surface area contributed by atoms with Gasteiger partial charge in [-0.05, 0) is 38.3 Å². The van der Waals surface area contributed by atoms with Gasteiger partial charge >= 0.3 is 0 Å². The Morgan fingerprint density at radius 3 is 2.80 bits per heavy atom. The number of hydrogen-bond acceptors (Lipinski definition) is 3. The SMILES string of the molecule is CCNC(=NCC1CCCN1Cc1ccccc1)NCCCOC.I. The lowest BCUT2D eigenvalue weighted by Crippen LogP contribution is -2.39. The van der Waals surface area contributed by atoms with Gasteiger partial charge in [-0.3, -0.25) is 9.89 Å². The Hall–Kier alpha value is -0.860. The van der Waals surface area contributed by atoms with Gasteiger partial charge in [0.05, 0.1) is 6.54 Å². The Bertz CT molecular complexity index is 484. The molecule has 0 bridgehead atoms. The predicted octanol–water partition coefficient (Wildman–Crippen LogP) is 2.86. The number of halogens is 1. The number of benzene rings is 1. The first-order valence-electron chi connectivity index (χ1n) is 9.12. The lowest BCUT2D eigenvalue weighted by Gasteiger charge is -2.23. The second-order valence-corrected chi connectivity index (χ2v) is 6.24. The van der Waals surface area contributed by atoms with Crippen LogP contribution in [0.4, 0.5) is 0 Å². The van der Waals surface area contributed by atoms with E-state index in [-0.39, 0.29) is 24.0 Å². The number of nitrogens with one attached hydrogen (secondary N) is 2. The number of guanidine groups is 1. The van der Waals surface area contributed by atoms with E-state index in [4.69, 9.17) is 9.73 Å². The van der Waals surface area contributed by atoms with Gasteiger partial charge < -0.3 is 15.4 Å². The van der Waals surface area contributed by atoms with E-state index < -0.39 is 0 Å². The van der Waals surface area contributed by atoms with Gasteiger partial charge in [-0.1, -0.05) is 30.3 Å². The fourth-order valence-corrected chi connectivity index (χ4v) is 3.09. The summed E-state index contributed by atoms with van der Waals surface area (Å²) >= 11 is 0. The second-order valence-electron chi connectivity index (χ2n) is 6.24. The van der Waals surface area contributed by atoms with Crippen LogP contribution in [0.3, 0.4) is 0 Å². The fraction of sp³-hybridized carbons (Fsp3) is 0.632. The quantitative estimate of drug-likeness (QED) is 0.258. The largest absolute Gasteiger partial charge is 0.385 e. The molecule has 0 amide bonds. The highest BCUT2D eigenvalue weighted by Crippen LogP contribution is 2.20. The third-order valence-corrected chi connectivity index (χ3v) is 4.35. The molecule has 2 rings (SSSR count). The van der Waals surface area contributed by atoms with E-state index in [2.05, 4.69) is 52.8 Å². The van der Waals surface area contributed by atoms with E-state index >= 15 is 0 Å². The summed E-state index contributed by atoms with van der Waals surface area (Å²) in [5, 5.41) is 6.71. The van der Waals surface area contributed by atoms with Gasteiger partial charge in [0.1, 0.15) is 0 Å². The molecule has 25 heavy (non-hydrogen) atoms. The highest BCUT2D eigenvalue weighted by Gasteiger charge is 2.24. The second kappa shape index (κ2) is 13.4. The maximum absolute atomic E-state index is 5.09. The van der Waals surface area contributed by atoms with Crippen molar-refractivity contribution in [1.82, 2.24) is 15.5 Å². The minimum Gasteiger partial charge on any atom is -0.385 e. The van der Waals surface area contributed by atoms with Crippen molar-refractivity contribution in [2.45, 2.75) is 38.8 Å². The van der Waals surface area contributed by atoms with Gasteiger partial charge in [-0.15, -0.1) is 24.0 Å². The van der Waals surface area contributed by atoms with Crippen molar-refractivity contribution >= 4 is 29.9 Å². The molecule has 1 fully saturated rings. The zero-order valence-corrected chi connectivity index (χ0v) is 17.9. The van der Waals surface area contributed by atoms with Crippen molar-refractivity contribution in [3.63, 3.8) is 0 Å². The van der Waals surface area contributed by atoms with Gasteiger partial charge in [0.2, 0.25) is 0 Å². The van der Waals surface area contributed by atoms with Crippen LogP contribution in [0.5, 0.6) is 0 Å². The summed E-state index contributed by atoms with van der Waals surface area (Å²) in [6.07, 6.45) is 3.49. The van der Waals surface area contributed by atoms with Gasteiger partial charge in [0, 0.05) is 39.4 Å². The van der Waals surface area contributed by atoms with Crippen LogP contribution >= 0.6 is 24.0 Å². The number of ether oxygens (including phenoxy) is 1. The number of likely N-dealkylation sites (tertiary alicyclic amines) is 1. The maximum Gasteiger partial charge on any atom is 0.191 e. The molecule has 5 nitrogen and oxygen atoms in total. The maximum atomic E-state index is 5.09. The molecule has 1 atom stereocenters. The summed E-state index contributed by atoms with van der Waals surface area (Å²) in [6, 6.07) is 11.3. The Labute approximate surface area is 169 Å². The molecule has 0 aromatic heterocycles. The van der Waals surface area contributed by atoms with Gasteiger partial charge in [-0.25, -0.2) is 0 Å². The summed E-state index contributed by atoms with van der Waals surface area (Å²) in [4.78, 5) is 7.36. The molecule has 2 N–H and O–H groups in total. The van der Waals surface area contributed by atoms with Crippen LogP contribution in [0.1, 0.15) is 31.7 Å². The standard InChI is InChI=1S/C19H32N4O.HI/c1-3-20-19(21-12-8-14-24-2)22-15-18-11-7-13-23(18)16-17-9-5-4-6-10-17;/h4-6,9-10,18H,3,7-8,11-16H2,1-2H3,(H2,20,21,22);1H. The third-order valence-electron chi connectivity index (χ3n) is 4.35. The lowest BCUT2D eigenvalue weighted by atomic mass is 10.2. The van der Waals surface area contributed by atoms with Crippen LogP contribution < -0.4 is 10.6 Å². The molecule has 1 aliphatic heterocycles. The normalized spacial score (nSPS) is 18.0. The average Bonchev–Trinajstić information content (AvgIpc) is 3.04. The highest BCUT2D eigenvalue weighted by atomic mass is 127. The molecule has 1 saturated heterocycles. The van der Waals surface area contributed by atoms with E-state index in [1.165, 1.54) is 24.9 Å². The number of aliphatic imine (C=N–C) groups is 1. The van der Waals surface area contributed by atoms with Crippen LogP contribution in [-0.4, -0.2) is 56.8 Å². The summed E-state index contributed by atoms with van der Waals surface area (Å²) < 4.78 is 5.09. The molecule has 142 valence electrons. The molecule has 1 unspecified atom stereocenters. The Kier molecular flexibility index (Phi) is 11.9. The van der Waals surface area contributed by atoms with Gasteiger partial charge in [0.25, 0.3) is 0 Å². The Balaban J connectivity index is 0.00000312. The molecule has 0 aliphatic carbocycles. The highest BCUT2D eigenvalue weighted by molar-refractivity contribution is 14.0. The van der Waals surface area contributed by atoms with Crippen molar-refractivity contribution in [3.05, 3.63) is 35.9 Å². The first-order chi connectivity index (χ1) is 11.8. The molecule has 1 aromatic carbocycles. The molecule has 0 radical (unpaired) electrons. The molecule has 1 aliphatic rings. The summed E-state index contributed by atoms with van der Waals surface area (Å²) in [6.45, 7) is 7.70. The van der Waals surface area contributed by atoms with Crippen LogP contribution in [0.2, 0.25) is 0 Å². The predicted molar refractivity (Wildman–Crippen MR) is 116 cm³/mol. The lowest BCUT2D eigenvalue weighted by molar-refractivity contribution is 0.195. The zero-order chi connectivity index (χ0) is 17.0. The van der Waals surface area contributed by atoms with E-state index in [0.29, 0.717) is 6.04 Å². The average molecular weight is 460 g/mol. The van der Waals surface area contributed by atoms with E-state index in [1.54, 1.807) is 7.11 Å². The number of hydrogen-bond donors (Lipinski definition) is 2. The fourth-order valence-electron chi connectivity index (χ4n) is 3.09. The van der Waals surface area contributed by atoms with E-state index in [1.807, 2.05) is 0 Å². The summed E-state index contributed by atoms with van der Waals surface area (Å²) in [5.41, 5.74) is 1.39. The van der Waals surface area contributed by atoms with Crippen molar-refractivity contribution in [2.24, 2.45) is 4.99 Å². The number of methoxy groups -OCH3 is 1. The van der Waals surface area contributed by atoms with Crippen molar-refractivity contribution in [2.75, 3.05) is 39.9 Å². The molecule has 0 saturated carbocycles. The van der Waals surface area contributed by atoms with Gasteiger partial charge in [0.15, 0.2) is 5.96 Å². The molecule has 0 spiro atoms. The van der Waals surface area contributed by atoms with E-state index in [0.717, 1.165) is 45.2 Å². The minimum absolute atomic E-state index is 0. The molecule has 1 heterocycles. The monoisotopic (exact) mass is 460 g/mol. The Morgan fingerprint density at radius 2 is 2.08 bits per heavy atom. The van der Waals surface area contributed by atoms with Gasteiger partial charge in [-0.2, -0.15) is 0 Å². The molecule has 1 aromatic rings. The van der Waals surface area contributed by atoms with Crippen molar-refractivity contribution in [3.8, 4) is 0 Å². The third kappa shape index (κ3) is 8.37. The molecule has 6 heteroatoms. The van der Waals surface area contributed by atoms with Crippen LogP contribution in [0.15, 0.2) is 35.3 Å². The first-order valence-corrected chi connectivity index (χ1v) is 9.12. The van der Waals surface area contributed by atoms with Crippen LogP contribution in [0, 0.1) is 0 Å². The van der Waals surface area contributed by atoms with E-state index in [9.17, 15) is 0 Å². The molecular weight excluding hydrogens is 427 g/mol. The summed E-state index contributed by atoms with van der Waals surface area (Å²) in [7, 11) is 1.74. The minimum atomic E-state index is 0. The van der Waals surface area contributed by atoms with Crippen molar-refractivity contribution < 1.29 is 4.74 Å². The van der Waals surface area contributed by atoms with Crippen molar-refractivity contribution in [1.29, 1.82) is 0 Å². The smallest absolute Gasteiger partial charge is 0.191 e. The zero-order valence-electron chi connectivity index (χ0n) is 15.5. The number of nitrogens with zero attached hydrogens (tertiary/aromatic N) is 2.